The summed E-state index contributed by atoms with van der Waals surface area (Å²) in [5.41, 5.74) is 0. The number of carbonyl (C=O) groups is 6. The molecule has 0 atom stereocenters. The molecule has 0 radical (unpaired) electrons. The van der Waals surface area contributed by atoms with Crippen LogP contribution in [0.1, 0.15) is 0 Å². The van der Waals surface area contributed by atoms with E-state index in [4.69, 9.17) is 0 Å². The quantitative estimate of drug-likeness (QED) is 0.591. The van der Waals surface area contributed by atoms with Crippen LogP contribution in [-0.2, 0) is 19.2 Å². The molecule has 10 nitrogen and oxygen atoms in total. The molecule has 0 aromatic carbocycles. The summed E-state index contributed by atoms with van der Waals surface area (Å²) in [6.45, 7) is 0.984. The predicted molar refractivity (Wildman–Crippen MR) is 91.6 cm³/mol. The highest BCUT2D eigenvalue weighted by atomic mass is 32.2. The van der Waals surface area contributed by atoms with Gasteiger partial charge in [-0.2, -0.15) is 0 Å². The number of piperazine rings is 1. The van der Waals surface area contributed by atoms with Crippen molar-refractivity contribution in [3.05, 3.63) is 22.0 Å². The normalized spacial score (nSPS) is 23.7. The Balaban J connectivity index is 1.56. The Morgan fingerprint density at radius 2 is 1.08 bits per heavy atom. The highest BCUT2D eigenvalue weighted by Gasteiger charge is 2.30. The molecule has 3 aliphatic rings. The fourth-order valence-electron chi connectivity index (χ4n) is 2.40. The average molecular weight is 396 g/mol. The number of rotatable bonds is 2. The molecular weight excluding hydrogens is 384 g/mol. The van der Waals surface area contributed by atoms with E-state index in [-0.39, 0.29) is 36.0 Å². The van der Waals surface area contributed by atoms with E-state index in [1.807, 2.05) is 0 Å². The lowest BCUT2D eigenvalue weighted by Gasteiger charge is -2.33. The minimum atomic E-state index is -0.601. The molecule has 136 valence electrons. The van der Waals surface area contributed by atoms with E-state index in [0.29, 0.717) is 23.5 Å². The maximum atomic E-state index is 12.2. The van der Waals surface area contributed by atoms with Crippen LogP contribution >= 0.6 is 23.5 Å². The molecule has 3 rings (SSSR count). The van der Waals surface area contributed by atoms with Crippen molar-refractivity contribution in [1.82, 2.24) is 20.4 Å². The fourth-order valence-corrected chi connectivity index (χ4v) is 3.69. The lowest BCUT2D eigenvalue weighted by molar-refractivity contribution is -0.134. The molecule has 26 heavy (non-hydrogen) atoms. The highest BCUT2D eigenvalue weighted by Crippen LogP contribution is 2.24. The second kappa shape index (κ2) is 7.33. The summed E-state index contributed by atoms with van der Waals surface area (Å²) in [5.74, 6) is -2.04. The monoisotopic (exact) mass is 396 g/mol. The number of hydrogen-bond donors (Lipinski definition) is 2. The number of carbonyl (C=O) groups excluding carboxylic acids is 6. The van der Waals surface area contributed by atoms with Crippen molar-refractivity contribution in [3.8, 4) is 0 Å². The van der Waals surface area contributed by atoms with Crippen LogP contribution in [0.2, 0.25) is 0 Å². The lowest BCUT2D eigenvalue weighted by atomic mass is 10.2. The predicted octanol–water partition coefficient (Wildman–Crippen LogP) is -0.609. The van der Waals surface area contributed by atoms with Gasteiger partial charge in [-0.05, 0) is 23.5 Å². The van der Waals surface area contributed by atoms with Crippen molar-refractivity contribution in [1.29, 1.82) is 0 Å². The number of nitrogens with zero attached hydrogens (tertiary/aromatic N) is 2. The number of amides is 6. The Hall–Kier alpha value is -2.60. The van der Waals surface area contributed by atoms with Gasteiger partial charge < -0.3 is 9.80 Å². The van der Waals surface area contributed by atoms with Crippen LogP contribution in [0.4, 0.5) is 9.59 Å². The van der Waals surface area contributed by atoms with Crippen LogP contribution in [0, 0.1) is 0 Å². The summed E-state index contributed by atoms with van der Waals surface area (Å²) in [5, 5.41) is 3.09. The zero-order chi connectivity index (χ0) is 18.8. The van der Waals surface area contributed by atoms with Gasteiger partial charge in [0.2, 0.25) is 11.8 Å². The van der Waals surface area contributed by atoms with Crippen LogP contribution < -0.4 is 10.6 Å². The summed E-state index contributed by atoms with van der Waals surface area (Å²) in [6, 6.07) is 0. The van der Waals surface area contributed by atoms with Crippen molar-refractivity contribution < 1.29 is 28.8 Å². The molecule has 0 aliphatic carbocycles. The number of nitrogens with one attached hydrogen (secondary N) is 2. The third-order valence-corrected chi connectivity index (χ3v) is 5.32. The van der Waals surface area contributed by atoms with E-state index in [1.54, 1.807) is 0 Å². The molecule has 6 amide bonds. The van der Waals surface area contributed by atoms with Crippen molar-refractivity contribution in [2.75, 3.05) is 26.2 Å². The summed E-state index contributed by atoms with van der Waals surface area (Å²) >= 11 is 1.33. The first kappa shape index (κ1) is 18.2. The van der Waals surface area contributed by atoms with Gasteiger partial charge in [-0.1, -0.05) is 0 Å². The Morgan fingerprint density at radius 1 is 0.731 bits per heavy atom. The SMILES string of the molecule is O=C1NC(=O)/C(=C/C(=O)N2CCN(C(=O)/C=C3/SC(=O)NC3=O)CC2)S1. The first-order valence-corrected chi connectivity index (χ1v) is 9.04. The molecule has 3 aliphatic heterocycles. The van der Waals surface area contributed by atoms with Gasteiger partial charge in [-0.25, -0.2) is 0 Å². The van der Waals surface area contributed by atoms with Crippen molar-refractivity contribution >= 4 is 57.6 Å². The second-order valence-corrected chi connectivity index (χ2v) is 7.38. The molecule has 2 N–H and O–H groups in total. The van der Waals surface area contributed by atoms with E-state index in [1.165, 1.54) is 9.80 Å². The summed E-state index contributed by atoms with van der Waals surface area (Å²) < 4.78 is 0. The van der Waals surface area contributed by atoms with E-state index >= 15 is 0 Å². The van der Waals surface area contributed by atoms with Crippen molar-refractivity contribution in [2.24, 2.45) is 0 Å². The summed E-state index contributed by atoms with van der Waals surface area (Å²) in [4.78, 5) is 72.4. The average Bonchev–Trinajstić information content (AvgIpc) is 3.07. The molecule has 0 aromatic rings. The summed E-state index contributed by atoms with van der Waals surface area (Å²) in [7, 11) is 0. The van der Waals surface area contributed by atoms with Crippen LogP contribution in [0.5, 0.6) is 0 Å². The Labute approximate surface area is 155 Å². The smallest absolute Gasteiger partial charge is 0.290 e. The van der Waals surface area contributed by atoms with Crippen molar-refractivity contribution in [2.45, 2.75) is 0 Å². The largest absolute Gasteiger partial charge is 0.336 e. The summed E-state index contributed by atoms with van der Waals surface area (Å²) in [6.07, 6.45) is 2.21. The number of hydrogen-bond acceptors (Lipinski definition) is 8. The first-order valence-electron chi connectivity index (χ1n) is 7.41. The van der Waals surface area contributed by atoms with Crippen LogP contribution in [-0.4, -0.2) is 70.1 Å². The van der Waals surface area contributed by atoms with Gasteiger partial charge in [0.25, 0.3) is 22.3 Å². The van der Waals surface area contributed by atoms with Gasteiger partial charge in [-0.15, -0.1) is 0 Å². The second-order valence-electron chi connectivity index (χ2n) is 5.36. The Morgan fingerprint density at radius 3 is 1.35 bits per heavy atom. The van der Waals surface area contributed by atoms with E-state index in [2.05, 4.69) is 10.6 Å². The molecule has 0 aromatic heterocycles. The minimum absolute atomic E-state index is 0.0391. The topological polar surface area (TPSA) is 133 Å². The van der Waals surface area contributed by atoms with Crippen molar-refractivity contribution in [3.63, 3.8) is 0 Å². The molecule has 12 heteroatoms. The van der Waals surface area contributed by atoms with Gasteiger partial charge in [-0.3, -0.25) is 39.4 Å². The Bertz CT molecular complexity index is 731. The molecule has 3 heterocycles. The lowest BCUT2D eigenvalue weighted by Crippen LogP contribution is -2.50. The third kappa shape index (κ3) is 3.96. The maximum absolute atomic E-state index is 12.2. The van der Waals surface area contributed by atoms with Gasteiger partial charge in [0.15, 0.2) is 0 Å². The highest BCUT2D eigenvalue weighted by molar-refractivity contribution is 8.18. The standard InChI is InChI=1S/C14H12N4O6S2/c19-9(5-7-11(21)15-13(23)25-7)17-1-2-18(4-3-17)10(20)6-8-12(22)16-14(24)26-8/h5-6H,1-4H2,(H,15,21,23)(H,16,22,24)/b7-5-,8-6+. The zero-order valence-corrected chi connectivity index (χ0v) is 14.8. The van der Waals surface area contributed by atoms with Gasteiger partial charge in [0.05, 0.1) is 9.81 Å². The molecule has 0 bridgehead atoms. The molecule has 3 fully saturated rings. The molecule has 0 saturated carbocycles. The molecule has 3 saturated heterocycles. The van der Waals surface area contributed by atoms with E-state index in [0.717, 1.165) is 12.2 Å². The van der Waals surface area contributed by atoms with E-state index in [9.17, 15) is 28.8 Å². The first-order chi connectivity index (χ1) is 12.3. The van der Waals surface area contributed by atoms with Gasteiger partial charge in [0.1, 0.15) is 0 Å². The number of imide groups is 2. The third-order valence-electron chi connectivity index (χ3n) is 3.70. The van der Waals surface area contributed by atoms with Crippen LogP contribution in [0.25, 0.3) is 0 Å². The van der Waals surface area contributed by atoms with Crippen LogP contribution in [0.15, 0.2) is 22.0 Å². The minimum Gasteiger partial charge on any atom is -0.336 e. The van der Waals surface area contributed by atoms with Gasteiger partial charge in [0, 0.05) is 38.3 Å². The Kier molecular flexibility index (Phi) is 5.13. The van der Waals surface area contributed by atoms with E-state index < -0.39 is 34.1 Å². The fraction of sp³-hybridized carbons (Fsp3) is 0.286. The van der Waals surface area contributed by atoms with Crippen LogP contribution in [0.3, 0.4) is 0 Å². The maximum Gasteiger partial charge on any atom is 0.290 e. The molecular formula is C14H12N4O6S2. The molecule has 0 spiro atoms. The zero-order valence-electron chi connectivity index (χ0n) is 13.1. The molecule has 0 unspecified atom stereocenters. The van der Waals surface area contributed by atoms with Gasteiger partial charge >= 0.3 is 0 Å². The number of thioether (sulfide) groups is 2.